The van der Waals surface area contributed by atoms with Crippen LogP contribution in [-0.4, -0.2) is 70.6 Å². The van der Waals surface area contributed by atoms with Crippen LogP contribution in [0.5, 0.6) is 5.75 Å². The second-order valence-electron chi connectivity index (χ2n) is 6.50. The summed E-state index contributed by atoms with van der Waals surface area (Å²) in [5.41, 5.74) is 1.09. The highest BCUT2D eigenvalue weighted by atomic mass is 19.1. The first-order valence-corrected chi connectivity index (χ1v) is 9.24. The predicted octanol–water partition coefficient (Wildman–Crippen LogP) is 1.70. The van der Waals surface area contributed by atoms with Crippen molar-refractivity contribution in [3.8, 4) is 5.75 Å². The monoisotopic (exact) mass is 418 g/mol. The van der Waals surface area contributed by atoms with Crippen LogP contribution in [0, 0.1) is 5.82 Å². The number of hydrogen-bond donors (Lipinski definition) is 2. The van der Waals surface area contributed by atoms with Crippen LogP contribution in [-0.2, 0) is 20.9 Å². The Kier molecular flexibility index (Phi) is 8.76. The summed E-state index contributed by atoms with van der Waals surface area (Å²) in [7, 11) is 0. The van der Waals surface area contributed by atoms with Crippen molar-refractivity contribution >= 4 is 17.8 Å². The maximum Gasteiger partial charge on any atom is 0.414 e. The molecule has 160 valence electrons. The number of carbonyl (C=O) groups excluding carboxylic acids is 1. The lowest BCUT2D eigenvalue weighted by atomic mass is 10.2. The summed E-state index contributed by atoms with van der Waals surface area (Å²) in [6, 6.07) is 15.9. The van der Waals surface area contributed by atoms with Crippen molar-refractivity contribution in [3.63, 3.8) is 0 Å². The maximum absolute atomic E-state index is 12.9. The Morgan fingerprint density at radius 3 is 1.97 bits per heavy atom. The van der Waals surface area contributed by atoms with Gasteiger partial charge in [-0.15, -0.1) is 0 Å². The third-order valence-corrected chi connectivity index (χ3v) is 4.33. The van der Waals surface area contributed by atoms with E-state index in [1.165, 1.54) is 12.1 Å². The average Bonchev–Trinajstić information content (AvgIpc) is 2.75. The summed E-state index contributed by atoms with van der Waals surface area (Å²) in [5.74, 6) is -3.14. The smallest absolute Gasteiger partial charge is 0.414 e. The van der Waals surface area contributed by atoms with Crippen LogP contribution in [0.3, 0.4) is 0 Å². The van der Waals surface area contributed by atoms with E-state index in [0.29, 0.717) is 18.8 Å². The molecule has 1 saturated heterocycles. The van der Waals surface area contributed by atoms with Gasteiger partial charge in [0, 0.05) is 32.7 Å². The van der Waals surface area contributed by atoms with E-state index in [1.807, 2.05) is 35.2 Å². The molecular formula is C21H23FN2O6. The molecule has 1 fully saturated rings. The lowest BCUT2D eigenvalue weighted by Gasteiger charge is -2.34. The fourth-order valence-corrected chi connectivity index (χ4v) is 2.76. The van der Waals surface area contributed by atoms with Gasteiger partial charge in [0.15, 0.2) is 6.61 Å². The molecule has 0 saturated carbocycles. The number of nitrogens with zero attached hydrogens (tertiary/aromatic N) is 2. The first kappa shape index (κ1) is 22.8. The predicted molar refractivity (Wildman–Crippen MR) is 105 cm³/mol. The molecule has 30 heavy (non-hydrogen) atoms. The number of amides is 1. The van der Waals surface area contributed by atoms with Crippen LogP contribution in [0.25, 0.3) is 0 Å². The Morgan fingerprint density at radius 2 is 1.43 bits per heavy atom. The molecule has 2 aromatic carbocycles. The zero-order valence-electron chi connectivity index (χ0n) is 16.2. The highest BCUT2D eigenvalue weighted by molar-refractivity contribution is 6.27. The first-order chi connectivity index (χ1) is 14.3. The van der Waals surface area contributed by atoms with Gasteiger partial charge in [-0.25, -0.2) is 14.0 Å². The number of carbonyl (C=O) groups is 3. The number of ether oxygens (including phenoxy) is 1. The summed E-state index contributed by atoms with van der Waals surface area (Å²) in [6.45, 7) is 3.87. The van der Waals surface area contributed by atoms with E-state index < -0.39 is 11.9 Å². The molecular weight excluding hydrogens is 395 g/mol. The number of para-hydroxylation sites is 1. The summed E-state index contributed by atoms with van der Waals surface area (Å²) < 4.78 is 18.4. The zero-order valence-corrected chi connectivity index (χ0v) is 16.2. The van der Waals surface area contributed by atoms with Crippen molar-refractivity contribution in [3.05, 3.63) is 66.0 Å². The third-order valence-electron chi connectivity index (χ3n) is 4.33. The second kappa shape index (κ2) is 11.5. The van der Waals surface area contributed by atoms with Gasteiger partial charge in [-0.3, -0.25) is 9.69 Å². The van der Waals surface area contributed by atoms with Crippen molar-refractivity contribution < 1.29 is 33.7 Å². The minimum Gasteiger partial charge on any atom is -0.484 e. The van der Waals surface area contributed by atoms with Gasteiger partial charge < -0.3 is 19.8 Å². The molecule has 8 nitrogen and oxygen atoms in total. The highest BCUT2D eigenvalue weighted by Crippen LogP contribution is 2.11. The average molecular weight is 418 g/mol. The van der Waals surface area contributed by atoms with Crippen molar-refractivity contribution in [2.45, 2.75) is 6.54 Å². The molecule has 2 N–H and O–H groups in total. The topological polar surface area (TPSA) is 107 Å². The Hall–Kier alpha value is -3.46. The third kappa shape index (κ3) is 7.88. The summed E-state index contributed by atoms with van der Waals surface area (Å²) in [4.78, 5) is 34.5. The van der Waals surface area contributed by atoms with Gasteiger partial charge in [0.1, 0.15) is 11.6 Å². The quantitative estimate of drug-likeness (QED) is 0.712. The SMILES string of the molecule is O=C(COc1ccccc1)N1CCN(Cc2ccc(F)cc2)CC1.O=C(O)C(=O)O. The summed E-state index contributed by atoms with van der Waals surface area (Å²) >= 11 is 0. The molecule has 9 heteroatoms. The number of benzene rings is 2. The van der Waals surface area contributed by atoms with Gasteiger partial charge >= 0.3 is 11.9 Å². The van der Waals surface area contributed by atoms with Gasteiger partial charge in [0.2, 0.25) is 0 Å². The Bertz CT molecular complexity index is 824. The fourth-order valence-electron chi connectivity index (χ4n) is 2.76. The number of aliphatic carboxylic acids is 2. The number of carboxylic acid groups (broad SMARTS) is 2. The van der Waals surface area contributed by atoms with Crippen LogP contribution >= 0.6 is 0 Å². The molecule has 0 bridgehead atoms. The van der Waals surface area contributed by atoms with Crippen LogP contribution in [0.4, 0.5) is 4.39 Å². The maximum atomic E-state index is 12.9. The molecule has 0 aliphatic carbocycles. The van der Waals surface area contributed by atoms with Gasteiger partial charge in [-0.05, 0) is 29.8 Å². The van der Waals surface area contributed by atoms with E-state index in [0.717, 1.165) is 25.2 Å². The van der Waals surface area contributed by atoms with Crippen LogP contribution in [0.2, 0.25) is 0 Å². The molecule has 0 radical (unpaired) electrons. The molecule has 0 unspecified atom stereocenters. The molecule has 3 rings (SSSR count). The van der Waals surface area contributed by atoms with Crippen LogP contribution < -0.4 is 4.74 Å². The van der Waals surface area contributed by atoms with Crippen molar-refractivity contribution in [2.75, 3.05) is 32.8 Å². The molecule has 1 aliphatic heterocycles. The zero-order chi connectivity index (χ0) is 21.9. The van der Waals surface area contributed by atoms with Gasteiger partial charge in [0.25, 0.3) is 5.91 Å². The normalized spacial score (nSPS) is 13.7. The first-order valence-electron chi connectivity index (χ1n) is 9.24. The largest absolute Gasteiger partial charge is 0.484 e. The van der Waals surface area contributed by atoms with Gasteiger partial charge in [-0.2, -0.15) is 0 Å². The van der Waals surface area contributed by atoms with E-state index in [4.69, 9.17) is 24.5 Å². The number of rotatable bonds is 5. The molecule has 0 spiro atoms. The van der Waals surface area contributed by atoms with Crippen LogP contribution in [0.15, 0.2) is 54.6 Å². The van der Waals surface area contributed by atoms with E-state index in [9.17, 15) is 9.18 Å². The van der Waals surface area contributed by atoms with Crippen molar-refractivity contribution in [2.24, 2.45) is 0 Å². The lowest BCUT2D eigenvalue weighted by molar-refractivity contribution is -0.159. The molecule has 0 aromatic heterocycles. The number of halogens is 1. The fraction of sp³-hybridized carbons (Fsp3) is 0.286. The van der Waals surface area contributed by atoms with E-state index in [-0.39, 0.29) is 18.3 Å². The molecule has 0 atom stereocenters. The standard InChI is InChI=1S/C19H21FN2O2.C2H2O4/c20-17-8-6-16(7-9-17)14-21-10-12-22(13-11-21)19(23)15-24-18-4-2-1-3-5-18;3-1(4)2(5)6/h1-9H,10-15H2;(H,3,4)(H,5,6). The Balaban J connectivity index is 0.000000469. The van der Waals surface area contributed by atoms with Crippen molar-refractivity contribution in [1.29, 1.82) is 0 Å². The number of piperazine rings is 1. The Labute approximate surface area is 173 Å². The lowest BCUT2D eigenvalue weighted by Crippen LogP contribution is -2.49. The van der Waals surface area contributed by atoms with E-state index in [1.54, 1.807) is 12.1 Å². The summed E-state index contributed by atoms with van der Waals surface area (Å²) in [5, 5.41) is 14.8. The van der Waals surface area contributed by atoms with Gasteiger partial charge in [-0.1, -0.05) is 30.3 Å². The molecule has 2 aromatic rings. The van der Waals surface area contributed by atoms with Crippen LogP contribution in [0.1, 0.15) is 5.56 Å². The van der Waals surface area contributed by atoms with Gasteiger partial charge in [0.05, 0.1) is 0 Å². The number of hydrogen-bond acceptors (Lipinski definition) is 5. The molecule has 1 amide bonds. The van der Waals surface area contributed by atoms with Crippen molar-refractivity contribution in [1.82, 2.24) is 9.80 Å². The second-order valence-corrected chi connectivity index (χ2v) is 6.50. The van der Waals surface area contributed by atoms with E-state index >= 15 is 0 Å². The number of carboxylic acids is 2. The Morgan fingerprint density at radius 1 is 0.867 bits per heavy atom. The minimum atomic E-state index is -1.82. The molecule has 1 heterocycles. The highest BCUT2D eigenvalue weighted by Gasteiger charge is 2.21. The molecule has 1 aliphatic rings. The van der Waals surface area contributed by atoms with E-state index in [2.05, 4.69) is 4.90 Å². The summed E-state index contributed by atoms with van der Waals surface area (Å²) in [6.07, 6.45) is 0. The minimum absolute atomic E-state index is 0.0142.